The molecular weight excluding hydrogens is 693 g/mol. The maximum atomic E-state index is 14.1. The van der Waals surface area contributed by atoms with Crippen LogP contribution in [-0.2, 0) is 4.79 Å². The Kier molecular flexibility index (Phi) is 8.40. The molecule has 286 valence electrons. The molecule has 4 saturated heterocycles. The van der Waals surface area contributed by atoms with Crippen molar-refractivity contribution in [3.05, 3.63) is 47.5 Å². The number of amides is 1. The fourth-order valence-electron chi connectivity index (χ4n) is 9.56. The van der Waals surface area contributed by atoms with Gasteiger partial charge in [0, 0.05) is 79.1 Å². The lowest BCUT2D eigenvalue weighted by Crippen LogP contribution is -2.62. The zero-order chi connectivity index (χ0) is 37.6. The van der Waals surface area contributed by atoms with E-state index in [1.165, 1.54) is 38.0 Å². The van der Waals surface area contributed by atoms with Crippen LogP contribution in [0.3, 0.4) is 0 Å². The van der Waals surface area contributed by atoms with Crippen molar-refractivity contribution >= 4 is 40.5 Å². The quantitative estimate of drug-likeness (QED) is 0.142. The molecular formula is C41H49F3N8O2. The van der Waals surface area contributed by atoms with Gasteiger partial charge in [0.15, 0.2) is 12.4 Å². The van der Waals surface area contributed by atoms with Crippen LogP contribution in [0.1, 0.15) is 74.0 Å². The van der Waals surface area contributed by atoms with Gasteiger partial charge in [0.05, 0.1) is 0 Å². The Bertz CT molecular complexity index is 2010. The molecule has 6 fully saturated rings. The summed E-state index contributed by atoms with van der Waals surface area (Å²) in [6.45, 7) is 10.6. The second kappa shape index (κ2) is 12.8. The first kappa shape index (κ1) is 35.3. The maximum absolute atomic E-state index is 14.1. The predicted octanol–water partition coefficient (Wildman–Crippen LogP) is 6.68. The minimum absolute atomic E-state index is 0.0419. The molecule has 10 nitrogen and oxygen atoms in total. The lowest BCUT2D eigenvalue weighted by atomic mass is 9.72. The normalized spacial score (nSPS) is 22.3. The monoisotopic (exact) mass is 742 g/mol. The largest absolute Gasteiger partial charge is 0.481 e. The third-order valence-corrected chi connectivity index (χ3v) is 13.4. The predicted molar refractivity (Wildman–Crippen MR) is 205 cm³/mol. The zero-order valence-corrected chi connectivity index (χ0v) is 31.0. The first-order valence-electron chi connectivity index (χ1n) is 19.5. The number of likely N-dealkylation sites (tertiary alicyclic amines) is 2. The average Bonchev–Trinajstić information content (AvgIpc) is 4.07. The molecule has 5 heterocycles. The fraction of sp³-hybridized carbons (Fsp3) is 0.561. The number of benzene rings is 2. The van der Waals surface area contributed by atoms with Crippen LogP contribution in [0.4, 0.5) is 30.6 Å². The number of aryl methyl sites for hydroxylation is 1. The molecule has 9 rings (SSSR count). The topological polar surface area (TPSA) is 115 Å². The van der Waals surface area contributed by atoms with E-state index in [1.807, 2.05) is 17.9 Å². The summed E-state index contributed by atoms with van der Waals surface area (Å²) in [4.78, 5) is 31.5. The molecule has 54 heavy (non-hydrogen) atoms. The molecule has 2 spiro atoms. The lowest BCUT2D eigenvalue weighted by Gasteiger charge is -2.54. The van der Waals surface area contributed by atoms with Crippen molar-refractivity contribution in [2.75, 3.05) is 74.5 Å². The van der Waals surface area contributed by atoms with Crippen molar-refractivity contribution in [1.29, 1.82) is 5.41 Å². The van der Waals surface area contributed by atoms with Crippen LogP contribution in [0.25, 0.3) is 22.0 Å². The van der Waals surface area contributed by atoms with Gasteiger partial charge in [-0.05, 0) is 118 Å². The number of nitrogens with zero attached hydrogens (tertiary/aromatic N) is 6. The number of hydrogen-bond donors (Lipinski definition) is 2. The highest BCUT2D eigenvalue weighted by molar-refractivity contribution is 6.05. The third-order valence-electron chi connectivity index (χ3n) is 13.4. The summed E-state index contributed by atoms with van der Waals surface area (Å²) >= 11 is 0. The molecule has 0 bridgehead atoms. The van der Waals surface area contributed by atoms with Gasteiger partial charge in [-0.15, -0.1) is 0 Å². The van der Waals surface area contributed by atoms with Crippen LogP contribution < -0.4 is 20.3 Å². The maximum Gasteiger partial charge on any atom is 0.422 e. The molecule has 1 amide bonds. The van der Waals surface area contributed by atoms with Crippen LogP contribution in [-0.4, -0.2) is 103 Å². The number of aromatic nitrogens is 2. The number of carbonyl (C=O) groups excluding carboxylic acids is 1. The van der Waals surface area contributed by atoms with E-state index in [1.54, 1.807) is 6.07 Å². The first-order valence-corrected chi connectivity index (χ1v) is 19.5. The van der Waals surface area contributed by atoms with Crippen LogP contribution in [0, 0.1) is 23.2 Å². The number of nitrogens with one attached hydrogen (secondary N) is 1. The number of fused-ring (bicyclic) bond motifs is 1. The average molecular weight is 743 g/mol. The number of hydrogen-bond acceptors (Lipinski definition) is 9. The fourth-order valence-corrected chi connectivity index (χ4v) is 9.56. The van der Waals surface area contributed by atoms with Crippen LogP contribution in [0.2, 0.25) is 0 Å². The Balaban J connectivity index is 1.15. The van der Waals surface area contributed by atoms with Gasteiger partial charge in [-0.25, -0.2) is 4.98 Å². The summed E-state index contributed by atoms with van der Waals surface area (Å²) in [6.07, 6.45) is 6.70. The molecule has 2 saturated carbocycles. The van der Waals surface area contributed by atoms with Gasteiger partial charge >= 0.3 is 6.18 Å². The van der Waals surface area contributed by atoms with E-state index in [4.69, 9.17) is 25.8 Å². The molecule has 0 radical (unpaired) electrons. The van der Waals surface area contributed by atoms with Gasteiger partial charge in [-0.1, -0.05) is 12.6 Å². The van der Waals surface area contributed by atoms with Crippen molar-refractivity contribution in [3.63, 3.8) is 0 Å². The van der Waals surface area contributed by atoms with Crippen molar-refractivity contribution in [2.45, 2.75) is 76.4 Å². The number of alkyl halides is 3. The first-order chi connectivity index (χ1) is 25.9. The van der Waals surface area contributed by atoms with Gasteiger partial charge < -0.3 is 30.6 Å². The number of nitrogens with two attached hydrogens (primary N) is 1. The molecule has 6 aliphatic rings. The van der Waals surface area contributed by atoms with E-state index in [2.05, 4.69) is 27.3 Å². The third kappa shape index (κ3) is 6.25. The molecule has 3 N–H and O–H groups in total. The standard InChI is InChI=1S/C41H49F3N8O2/c1-3-32(53)52-22-40(23-52)12-16-50(17-13-40)37-29-18-28(26-5-6-26)34(33-25(2)4-7-31(46)30(33)19-45)36(54-24-41(42,43)44)35(29)47-38(48-37)51-20-27(21-51)49-14-10-39(8-9-39)11-15-49/h3-4,7,18-19,26-27,45H,1,5-6,8-17,20-24,46H2,2H3. The number of ether oxygens (including phenoxy) is 1. The Labute approximate surface area is 314 Å². The molecule has 2 aromatic carbocycles. The van der Waals surface area contributed by atoms with Crippen LogP contribution in [0.15, 0.2) is 30.9 Å². The smallest absolute Gasteiger partial charge is 0.422 e. The number of halogens is 3. The van der Waals surface area contributed by atoms with E-state index in [0.29, 0.717) is 82.7 Å². The van der Waals surface area contributed by atoms with Crippen molar-refractivity contribution in [3.8, 4) is 16.9 Å². The minimum atomic E-state index is -4.59. The molecule has 3 aromatic rings. The summed E-state index contributed by atoms with van der Waals surface area (Å²) in [6, 6.07) is 6.05. The number of piperidine rings is 2. The Morgan fingerprint density at radius 1 is 1.00 bits per heavy atom. The summed E-state index contributed by atoms with van der Waals surface area (Å²) < 4.78 is 48.2. The lowest BCUT2D eigenvalue weighted by molar-refractivity contribution is -0.153. The SMILES string of the molecule is C=CC(=O)N1CC2(CCN(c3nc(N4CC(N5CCC6(CC5)CC6)C4)nc4c(OCC(F)(F)F)c(-c5c(C)ccc(N)c5C=N)c(C5CC5)cc34)CC2)C1. The van der Waals surface area contributed by atoms with Crippen LogP contribution >= 0.6 is 0 Å². The highest BCUT2D eigenvalue weighted by atomic mass is 19.4. The van der Waals surface area contributed by atoms with Crippen LogP contribution in [0.5, 0.6) is 5.75 Å². The molecule has 13 heteroatoms. The van der Waals surface area contributed by atoms with Gasteiger partial charge in [-0.3, -0.25) is 9.69 Å². The van der Waals surface area contributed by atoms with Crippen molar-refractivity contribution < 1.29 is 22.7 Å². The second-order valence-electron chi connectivity index (χ2n) is 17.0. The summed E-state index contributed by atoms with van der Waals surface area (Å²) in [5.41, 5.74) is 11.0. The van der Waals surface area contributed by atoms with Gasteiger partial charge in [0.25, 0.3) is 0 Å². The van der Waals surface area contributed by atoms with Crippen molar-refractivity contribution in [2.24, 2.45) is 10.8 Å². The van der Waals surface area contributed by atoms with E-state index >= 15 is 0 Å². The highest BCUT2D eigenvalue weighted by Gasteiger charge is 2.48. The van der Waals surface area contributed by atoms with E-state index < -0.39 is 12.8 Å². The Hall–Kier alpha value is -4.39. The summed E-state index contributed by atoms with van der Waals surface area (Å²) in [5, 5.41) is 9.00. The molecule has 0 atom stereocenters. The Morgan fingerprint density at radius 3 is 2.30 bits per heavy atom. The molecule has 1 aromatic heterocycles. The Morgan fingerprint density at radius 2 is 1.69 bits per heavy atom. The summed E-state index contributed by atoms with van der Waals surface area (Å²) in [5.74, 6) is 1.35. The van der Waals surface area contributed by atoms with E-state index in [0.717, 1.165) is 63.0 Å². The summed E-state index contributed by atoms with van der Waals surface area (Å²) in [7, 11) is 0. The highest BCUT2D eigenvalue weighted by Crippen LogP contribution is 2.55. The van der Waals surface area contributed by atoms with Gasteiger partial charge in [-0.2, -0.15) is 18.2 Å². The zero-order valence-electron chi connectivity index (χ0n) is 31.0. The van der Waals surface area contributed by atoms with Crippen molar-refractivity contribution in [1.82, 2.24) is 19.8 Å². The van der Waals surface area contributed by atoms with Gasteiger partial charge in [0.1, 0.15) is 11.3 Å². The van der Waals surface area contributed by atoms with E-state index in [9.17, 15) is 18.0 Å². The molecule has 4 aliphatic heterocycles. The second-order valence-corrected chi connectivity index (χ2v) is 17.0. The minimum Gasteiger partial charge on any atom is -0.481 e. The van der Waals surface area contributed by atoms with E-state index in [-0.39, 0.29) is 23.0 Å². The number of rotatable bonds is 9. The number of nitrogen functional groups attached to an aromatic ring is 1. The number of carbonyl (C=O) groups is 1. The molecule has 0 unspecified atom stereocenters. The molecule has 2 aliphatic carbocycles. The number of anilines is 3. The van der Waals surface area contributed by atoms with Gasteiger partial charge in [0.2, 0.25) is 11.9 Å².